The Morgan fingerprint density at radius 2 is 2.08 bits per heavy atom. The van der Waals surface area contributed by atoms with Gasteiger partial charge in [-0.05, 0) is 37.1 Å². The predicted molar refractivity (Wildman–Crippen MR) is 104 cm³/mol. The lowest BCUT2D eigenvalue weighted by atomic mass is 10.1. The van der Waals surface area contributed by atoms with Crippen molar-refractivity contribution in [3.8, 4) is 0 Å². The van der Waals surface area contributed by atoms with Crippen LogP contribution in [0.15, 0.2) is 42.6 Å². The molecule has 0 fully saturated rings. The minimum absolute atomic E-state index is 0.244. The molecule has 0 unspecified atom stereocenters. The number of ether oxygens (including phenoxy) is 1. The van der Waals surface area contributed by atoms with Gasteiger partial charge in [0.15, 0.2) is 0 Å². The van der Waals surface area contributed by atoms with Gasteiger partial charge < -0.3 is 20.4 Å². The van der Waals surface area contributed by atoms with E-state index in [0.717, 1.165) is 13.0 Å². The van der Waals surface area contributed by atoms with Crippen molar-refractivity contribution in [1.29, 1.82) is 0 Å². The van der Waals surface area contributed by atoms with E-state index in [-0.39, 0.29) is 5.82 Å². The van der Waals surface area contributed by atoms with Gasteiger partial charge in [0.1, 0.15) is 11.6 Å². The van der Waals surface area contributed by atoms with Crippen LogP contribution in [0.1, 0.15) is 12.5 Å². The zero-order valence-electron chi connectivity index (χ0n) is 15.0. The molecule has 136 valence electrons. The third kappa shape index (κ3) is 3.88. The first kappa shape index (κ1) is 17.6. The third-order valence-corrected chi connectivity index (χ3v) is 4.12. The van der Waals surface area contributed by atoms with Crippen LogP contribution in [0.2, 0.25) is 0 Å². The molecule has 0 aliphatic heterocycles. The lowest BCUT2D eigenvalue weighted by Gasteiger charge is -2.10. The number of nitrogen functional groups attached to an aromatic ring is 1. The number of carbonyl (C=O) groups excluding carboxylic acids is 1. The maximum atomic E-state index is 11.5. The van der Waals surface area contributed by atoms with Gasteiger partial charge in [-0.1, -0.05) is 18.2 Å². The number of fused-ring (bicyclic) bond motifs is 1. The summed E-state index contributed by atoms with van der Waals surface area (Å²) in [6.45, 7) is 2.77. The van der Waals surface area contributed by atoms with E-state index >= 15 is 0 Å². The highest BCUT2D eigenvalue weighted by Crippen LogP contribution is 2.22. The largest absolute Gasteiger partial charge is 0.450 e. The van der Waals surface area contributed by atoms with Gasteiger partial charge in [0.2, 0.25) is 0 Å². The Bertz CT molecular complexity index is 919. The molecule has 0 aliphatic rings. The first-order valence-electron chi connectivity index (χ1n) is 8.55. The number of para-hydroxylation sites is 1. The van der Waals surface area contributed by atoms with Crippen molar-refractivity contribution >= 4 is 34.3 Å². The summed E-state index contributed by atoms with van der Waals surface area (Å²) < 4.78 is 6.97. The highest BCUT2D eigenvalue weighted by atomic mass is 16.5. The number of nitrogens with two attached hydrogens (primary N) is 1. The van der Waals surface area contributed by atoms with Crippen LogP contribution in [0.3, 0.4) is 0 Å². The van der Waals surface area contributed by atoms with Gasteiger partial charge in [-0.25, -0.2) is 9.78 Å². The van der Waals surface area contributed by atoms with Crippen LogP contribution in [0.5, 0.6) is 0 Å². The van der Waals surface area contributed by atoms with Crippen LogP contribution >= 0.6 is 0 Å². The van der Waals surface area contributed by atoms with Crippen LogP contribution in [0, 0.1) is 0 Å². The zero-order valence-corrected chi connectivity index (χ0v) is 15.0. The van der Waals surface area contributed by atoms with Crippen molar-refractivity contribution in [2.45, 2.75) is 13.3 Å². The number of benzene rings is 1. The van der Waals surface area contributed by atoms with Crippen LogP contribution in [-0.4, -0.2) is 28.8 Å². The number of carbonyl (C=O) groups is 1. The number of rotatable bonds is 6. The van der Waals surface area contributed by atoms with Gasteiger partial charge in [0, 0.05) is 30.7 Å². The maximum absolute atomic E-state index is 11.5. The number of amides is 1. The molecule has 7 nitrogen and oxygen atoms in total. The summed E-state index contributed by atoms with van der Waals surface area (Å²) in [6, 6.07) is 11.8. The van der Waals surface area contributed by atoms with Crippen molar-refractivity contribution in [2.24, 2.45) is 7.05 Å². The van der Waals surface area contributed by atoms with E-state index in [1.165, 1.54) is 16.5 Å². The van der Waals surface area contributed by atoms with Gasteiger partial charge in [0.05, 0.1) is 12.3 Å². The normalized spacial score (nSPS) is 10.7. The SMILES string of the molecule is CCOC(=O)Nc1ccc(NCCc2cn(C)c3ccccc23)nc1N. The van der Waals surface area contributed by atoms with Crippen molar-refractivity contribution in [1.82, 2.24) is 9.55 Å². The van der Waals surface area contributed by atoms with Crippen molar-refractivity contribution in [3.63, 3.8) is 0 Å². The second-order valence-corrected chi connectivity index (χ2v) is 5.93. The summed E-state index contributed by atoms with van der Waals surface area (Å²) in [5, 5.41) is 7.10. The van der Waals surface area contributed by atoms with E-state index in [1.54, 1.807) is 19.1 Å². The van der Waals surface area contributed by atoms with E-state index in [1.807, 2.05) is 6.07 Å². The second-order valence-electron chi connectivity index (χ2n) is 5.93. The Morgan fingerprint density at radius 3 is 2.85 bits per heavy atom. The number of aromatic nitrogens is 2. The quantitative estimate of drug-likeness (QED) is 0.631. The third-order valence-electron chi connectivity index (χ3n) is 4.12. The fraction of sp³-hybridized carbons (Fsp3) is 0.263. The van der Waals surface area contributed by atoms with Crippen LogP contribution in [0.4, 0.5) is 22.1 Å². The molecule has 0 bridgehead atoms. The molecule has 0 saturated heterocycles. The van der Waals surface area contributed by atoms with Crippen LogP contribution in [0.25, 0.3) is 10.9 Å². The molecule has 0 radical (unpaired) electrons. The Labute approximate surface area is 152 Å². The maximum Gasteiger partial charge on any atom is 0.411 e. The van der Waals surface area contributed by atoms with Gasteiger partial charge in [-0.15, -0.1) is 0 Å². The molecule has 1 amide bonds. The Balaban J connectivity index is 1.61. The van der Waals surface area contributed by atoms with Crippen molar-refractivity contribution < 1.29 is 9.53 Å². The molecule has 0 saturated carbocycles. The number of nitrogens with one attached hydrogen (secondary N) is 2. The standard InChI is InChI=1S/C19H23N5O2/c1-3-26-19(25)22-15-8-9-17(23-18(15)20)21-11-10-13-12-24(2)16-7-5-4-6-14(13)16/h4-9,12H,3,10-11H2,1-2H3,(H,22,25)(H3,20,21,23). The number of nitrogens with zero attached hydrogens (tertiary/aromatic N) is 2. The number of anilines is 3. The molecule has 3 rings (SSSR count). The van der Waals surface area contributed by atoms with Crippen molar-refractivity contribution in [3.05, 3.63) is 48.2 Å². The topological polar surface area (TPSA) is 94.2 Å². The summed E-state index contributed by atoms with van der Waals surface area (Å²) >= 11 is 0. The molecule has 7 heteroatoms. The van der Waals surface area contributed by atoms with E-state index in [4.69, 9.17) is 10.5 Å². The highest BCUT2D eigenvalue weighted by Gasteiger charge is 2.08. The second kappa shape index (κ2) is 7.77. The lowest BCUT2D eigenvalue weighted by molar-refractivity contribution is 0.168. The van der Waals surface area contributed by atoms with E-state index in [2.05, 4.69) is 51.6 Å². The van der Waals surface area contributed by atoms with Gasteiger partial charge in [-0.2, -0.15) is 0 Å². The zero-order chi connectivity index (χ0) is 18.5. The van der Waals surface area contributed by atoms with Crippen LogP contribution in [-0.2, 0) is 18.2 Å². The minimum Gasteiger partial charge on any atom is -0.450 e. The number of hydrogen-bond donors (Lipinski definition) is 3. The lowest BCUT2D eigenvalue weighted by Crippen LogP contribution is -2.15. The Kier molecular flexibility index (Phi) is 5.26. The van der Waals surface area contributed by atoms with Crippen molar-refractivity contribution in [2.75, 3.05) is 29.5 Å². The summed E-state index contributed by atoms with van der Waals surface area (Å²) in [4.78, 5) is 15.7. The van der Waals surface area contributed by atoms with Crippen LogP contribution < -0.4 is 16.4 Å². The molecule has 4 N–H and O–H groups in total. The summed E-state index contributed by atoms with van der Waals surface area (Å²) in [7, 11) is 2.05. The molecular formula is C19H23N5O2. The average Bonchev–Trinajstić information content (AvgIpc) is 2.94. The molecule has 3 aromatic rings. The predicted octanol–water partition coefficient (Wildman–Crippen LogP) is 3.38. The number of aryl methyl sites for hydroxylation is 1. The summed E-state index contributed by atoms with van der Waals surface area (Å²) in [5.74, 6) is 0.908. The average molecular weight is 353 g/mol. The highest BCUT2D eigenvalue weighted by molar-refractivity contribution is 5.88. The summed E-state index contributed by atoms with van der Waals surface area (Å²) in [5.41, 5.74) is 8.84. The smallest absolute Gasteiger partial charge is 0.411 e. The van der Waals surface area contributed by atoms with Gasteiger partial charge in [0.25, 0.3) is 0 Å². The van der Waals surface area contributed by atoms with E-state index < -0.39 is 6.09 Å². The molecule has 1 aromatic carbocycles. The minimum atomic E-state index is -0.544. The molecule has 26 heavy (non-hydrogen) atoms. The number of pyridine rings is 1. The molecule has 2 aromatic heterocycles. The fourth-order valence-corrected chi connectivity index (χ4v) is 2.91. The monoisotopic (exact) mass is 353 g/mol. The first-order valence-corrected chi connectivity index (χ1v) is 8.55. The van der Waals surface area contributed by atoms with Gasteiger partial charge >= 0.3 is 6.09 Å². The molecule has 0 aliphatic carbocycles. The fourth-order valence-electron chi connectivity index (χ4n) is 2.91. The molecule has 2 heterocycles. The van der Waals surface area contributed by atoms with E-state index in [9.17, 15) is 4.79 Å². The Hall–Kier alpha value is -3.22. The van der Waals surface area contributed by atoms with E-state index in [0.29, 0.717) is 18.1 Å². The first-order chi connectivity index (χ1) is 12.6. The van der Waals surface area contributed by atoms with Gasteiger partial charge in [-0.3, -0.25) is 5.32 Å². The molecule has 0 spiro atoms. The molecular weight excluding hydrogens is 330 g/mol. The summed E-state index contributed by atoms with van der Waals surface area (Å²) in [6.07, 6.45) is 2.48. The Morgan fingerprint density at radius 1 is 1.27 bits per heavy atom. The molecule has 0 atom stereocenters. The number of hydrogen-bond acceptors (Lipinski definition) is 5.